The fraction of sp³-hybridized carbons (Fsp3) is 0.789. The highest BCUT2D eigenvalue weighted by Crippen LogP contribution is 2.56. The lowest BCUT2D eigenvalue weighted by molar-refractivity contribution is -0.129. The molecule has 0 heterocycles. The van der Waals surface area contributed by atoms with Crippen LogP contribution in [0.25, 0.3) is 0 Å². The Bertz CT molecular complexity index is 507. The molecule has 0 aromatic carbocycles. The molecule has 1 N–H and O–H groups in total. The third kappa shape index (κ3) is 2.68. The van der Waals surface area contributed by atoms with Crippen LogP contribution in [-0.4, -0.2) is 22.8 Å². The summed E-state index contributed by atoms with van der Waals surface area (Å²) in [6.07, 6.45) is 7.72. The van der Waals surface area contributed by atoms with E-state index in [-0.39, 0.29) is 17.6 Å². The van der Waals surface area contributed by atoms with Gasteiger partial charge in [-0.3, -0.25) is 9.59 Å². The van der Waals surface area contributed by atoms with Gasteiger partial charge in [-0.2, -0.15) is 0 Å². The van der Waals surface area contributed by atoms with E-state index in [9.17, 15) is 14.7 Å². The number of carbonyl (C=O) groups is 2. The van der Waals surface area contributed by atoms with Crippen molar-refractivity contribution in [3.63, 3.8) is 0 Å². The zero-order valence-electron chi connectivity index (χ0n) is 13.8. The molecular formula is C19H28O3. The Morgan fingerprint density at radius 1 is 1.18 bits per heavy atom. The summed E-state index contributed by atoms with van der Waals surface area (Å²) >= 11 is 0. The van der Waals surface area contributed by atoms with Gasteiger partial charge in [0.2, 0.25) is 0 Å². The van der Waals surface area contributed by atoms with E-state index in [1.54, 1.807) is 0 Å². The van der Waals surface area contributed by atoms with E-state index in [4.69, 9.17) is 0 Å². The van der Waals surface area contributed by atoms with Crippen LogP contribution in [0.2, 0.25) is 0 Å². The minimum absolute atomic E-state index is 0.133. The number of hydrogen-bond acceptors (Lipinski definition) is 3. The molecule has 3 aliphatic rings. The first kappa shape index (κ1) is 15.9. The molecule has 2 saturated carbocycles. The van der Waals surface area contributed by atoms with Crippen LogP contribution in [-0.2, 0) is 9.59 Å². The smallest absolute Gasteiger partial charge is 0.139 e. The minimum Gasteiger partial charge on any atom is -0.393 e. The maximum Gasteiger partial charge on any atom is 0.139 e. The maximum absolute atomic E-state index is 12.4. The highest BCUT2D eigenvalue weighted by atomic mass is 16.3. The molecule has 0 saturated heterocycles. The number of aliphatic hydroxyl groups excluding tert-OH is 1. The van der Waals surface area contributed by atoms with Gasteiger partial charge in [0.1, 0.15) is 11.6 Å². The Balaban J connectivity index is 1.90. The molecule has 5 atom stereocenters. The Morgan fingerprint density at radius 2 is 1.95 bits per heavy atom. The van der Waals surface area contributed by atoms with E-state index in [0.29, 0.717) is 36.4 Å². The second-order valence-corrected chi connectivity index (χ2v) is 7.92. The summed E-state index contributed by atoms with van der Waals surface area (Å²) in [5.74, 6) is 2.03. The largest absolute Gasteiger partial charge is 0.393 e. The Hall–Kier alpha value is -0.960. The van der Waals surface area contributed by atoms with E-state index in [1.165, 1.54) is 5.57 Å². The summed E-state index contributed by atoms with van der Waals surface area (Å²) in [6.45, 7) is 4.32. The fourth-order valence-electron chi connectivity index (χ4n) is 5.29. The monoisotopic (exact) mass is 304 g/mol. The van der Waals surface area contributed by atoms with E-state index in [1.807, 2.05) is 0 Å². The molecule has 0 bridgehead atoms. The third-order valence-corrected chi connectivity index (χ3v) is 6.68. The Morgan fingerprint density at radius 3 is 2.73 bits per heavy atom. The lowest BCUT2D eigenvalue weighted by Gasteiger charge is -2.46. The standard InChI is InChI=1S/C19H28O3/c1-12-3-4-13(20)11-14(21)5-6-16-15(12)9-10-19(2)17(16)7-8-18(19)22/h3,14-17,21H,4-11H2,1-2H3/b12-3+/t14-,15+,16+,17-,19-/m0/s1. The van der Waals surface area contributed by atoms with E-state index in [0.717, 1.165) is 32.1 Å². The van der Waals surface area contributed by atoms with Crippen molar-refractivity contribution in [3.8, 4) is 0 Å². The molecule has 3 nitrogen and oxygen atoms in total. The Kier molecular flexibility index (Phi) is 4.28. The van der Waals surface area contributed by atoms with E-state index in [2.05, 4.69) is 19.9 Å². The lowest BCUT2D eigenvalue weighted by atomic mass is 9.57. The highest BCUT2D eigenvalue weighted by molar-refractivity contribution is 5.87. The van der Waals surface area contributed by atoms with Crippen LogP contribution in [0.3, 0.4) is 0 Å². The summed E-state index contributed by atoms with van der Waals surface area (Å²) in [5.41, 5.74) is 1.20. The van der Waals surface area contributed by atoms with Gasteiger partial charge in [0.25, 0.3) is 0 Å². The summed E-state index contributed by atoms with van der Waals surface area (Å²) in [6, 6.07) is 0. The number of rotatable bonds is 0. The molecule has 22 heavy (non-hydrogen) atoms. The average Bonchev–Trinajstić information content (AvgIpc) is 2.77. The van der Waals surface area contributed by atoms with Crippen LogP contribution < -0.4 is 0 Å². The van der Waals surface area contributed by atoms with Crippen molar-refractivity contribution in [3.05, 3.63) is 11.6 Å². The van der Waals surface area contributed by atoms with Crippen LogP contribution in [0.1, 0.15) is 65.2 Å². The van der Waals surface area contributed by atoms with E-state index >= 15 is 0 Å². The minimum atomic E-state index is -0.509. The van der Waals surface area contributed by atoms with Gasteiger partial charge in [-0.05, 0) is 56.8 Å². The SMILES string of the molecule is C/C1=C\CC(=O)C[C@@H](O)CC[C@@H]2[C@@H]1CC[C@]1(C)C(=O)CC[C@@H]21. The Labute approximate surface area is 133 Å². The maximum atomic E-state index is 12.4. The van der Waals surface area contributed by atoms with Crippen molar-refractivity contribution in [2.45, 2.75) is 71.3 Å². The molecule has 0 aromatic rings. The highest BCUT2D eigenvalue weighted by Gasteiger charge is 2.53. The number of Topliss-reactive ketones (excluding diaryl/α,β-unsaturated/α-hetero) is 2. The first-order valence-electron chi connectivity index (χ1n) is 8.81. The molecule has 3 heteroatoms. The molecule has 0 aromatic heterocycles. The molecule has 0 amide bonds. The molecule has 0 unspecified atom stereocenters. The van der Waals surface area contributed by atoms with Gasteiger partial charge in [-0.15, -0.1) is 0 Å². The summed E-state index contributed by atoms with van der Waals surface area (Å²) in [4.78, 5) is 24.2. The second-order valence-electron chi connectivity index (χ2n) is 7.92. The molecule has 2 fully saturated rings. The van der Waals surface area contributed by atoms with Gasteiger partial charge in [-0.25, -0.2) is 0 Å². The van der Waals surface area contributed by atoms with Crippen molar-refractivity contribution in [2.75, 3.05) is 0 Å². The molecular weight excluding hydrogens is 276 g/mol. The quantitative estimate of drug-likeness (QED) is 0.697. The van der Waals surface area contributed by atoms with Gasteiger partial charge in [0.15, 0.2) is 0 Å². The third-order valence-electron chi connectivity index (χ3n) is 6.68. The number of fused-ring (bicyclic) bond motifs is 3. The van der Waals surface area contributed by atoms with Crippen LogP contribution >= 0.6 is 0 Å². The average molecular weight is 304 g/mol. The van der Waals surface area contributed by atoms with Crippen LogP contribution in [0.4, 0.5) is 0 Å². The number of ketones is 2. The first-order chi connectivity index (χ1) is 10.4. The second kappa shape index (κ2) is 5.92. The van der Waals surface area contributed by atoms with Crippen molar-refractivity contribution >= 4 is 11.6 Å². The molecule has 0 spiro atoms. The van der Waals surface area contributed by atoms with Gasteiger partial charge < -0.3 is 5.11 Å². The number of hydrogen-bond donors (Lipinski definition) is 1. The molecule has 3 rings (SSSR count). The normalized spacial score (nSPS) is 45.7. The van der Waals surface area contributed by atoms with Crippen LogP contribution in [0, 0.1) is 23.2 Å². The summed E-state index contributed by atoms with van der Waals surface area (Å²) < 4.78 is 0. The predicted molar refractivity (Wildman–Crippen MR) is 85.3 cm³/mol. The molecule has 3 aliphatic carbocycles. The van der Waals surface area contributed by atoms with Crippen LogP contribution in [0.5, 0.6) is 0 Å². The molecule has 0 radical (unpaired) electrons. The number of aliphatic hydroxyl groups is 1. The van der Waals surface area contributed by atoms with Gasteiger partial charge in [0, 0.05) is 24.7 Å². The molecule has 122 valence electrons. The van der Waals surface area contributed by atoms with Gasteiger partial charge in [0.05, 0.1) is 6.10 Å². The lowest BCUT2D eigenvalue weighted by Crippen LogP contribution is -2.42. The van der Waals surface area contributed by atoms with Crippen molar-refractivity contribution in [1.29, 1.82) is 0 Å². The predicted octanol–water partition coefficient (Wildman–Crippen LogP) is 3.45. The van der Waals surface area contributed by atoms with E-state index < -0.39 is 6.10 Å². The van der Waals surface area contributed by atoms with Crippen molar-refractivity contribution in [1.82, 2.24) is 0 Å². The van der Waals surface area contributed by atoms with Crippen LogP contribution in [0.15, 0.2) is 11.6 Å². The summed E-state index contributed by atoms with van der Waals surface area (Å²) in [7, 11) is 0. The van der Waals surface area contributed by atoms with Gasteiger partial charge >= 0.3 is 0 Å². The fourth-order valence-corrected chi connectivity index (χ4v) is 5.29. The van der Waals surface area contributed by atoms with Crippen molar-refractivity contribution < 1.29 is 14.7 Å². The number of carbonyl (C=O) groups excluding carboxylic acids is 2. The first-order valence-corrected chi connectivity index (χ1v) is 8.81. The van der Waals surface area contributed by atoms with Crippen molar-refractivity contribution in [2.24, 2.45) is 23.2 Å². The topological polar surface area (TPSA) is 54.4 Å². The molecule has 0 aliphatic heterocycles. The zero-order valence-corrected chi connectivity index (χ0v) is 13.8. The zero-order chi connectivity index (χ0) is 15.9. The summed E-state index contributed by atoms with van der Waals surface area (Å²) in [5, 5.41) is 10.1. The van der Waals surface area contributed by atoms with Gasteiger partial charge in [-0.1, -0.05) is 18.6 Å². The number of allylic oxidation sites excluding steroid dienone is 2.